The molecule has 0 aliphatic carbocycles. The van der Waals surface area contributed by atoms with Crippen LogP contribution in [0.5, 0.6) is 0 Å². The van der Waals surface area contributed by atoms with E-state index in [4.69, 9.17) is 0 Å². The standard InChI is InChI=1S/C21H17F3N2O4/c22-21(23,24)14-8-5-13(6-9-14)18(27)19(28)26-17(20(29)30)11-15-10-7-12-3-1-2-4-16(12)25-15/h1-10,17-18,27H,11H2,(H,26,28)(H,29,30)/t17-,18+/m0/s1. The van der Waals surface area contributed by atoms with Crippen molar-refractivity contribution in [2.75, 3.05) is 0 Å². The van der Waals surface area contributed by atoms with Crippen LogP contribution in [-0.4, -0.2) is 33.1 Å². The maximum absolute atomic E-state index is 12.6. The highest BCUT2D eigenvalue weighted by Crippen LogP contribution is 2.30. The summed E-state index contributed by atoms with van der Waals surface area (Å²) < 4.78 is 37.9. The van der Waals surface area contributed by atoms with E-state index < -0.39 is 35.8 Å². The first kappa shape index (κ1) is 21.3. The first-order valence-electron chi connectivity index (χ1n) is 8.88. The zero-order chi connectivity index (χ0) is 21.9. The third-order valence-corrected chi connectivity index (χ3v) is 4.49. The molecule has 6 nitrogen and oxygen atoms in total. The molecule has 0 radical (unpaired) electrons. The number of carbonyl (C=O) groups excluding carboxylic acids is 1. The van der Waals surface area contributed by atoms with E-state index in [-0.39, 0.29) is 12.0 Å². The number of hydrogen-bond donors (Lipinski definition) is 3. The SMILES string of the molecule is O=C(O)[C@H](Cc1ccc2ccccc2n1)NC(=O)[C@H](O)c1ccc(C(F)(F)F)cc1. The molecule has 1 aromatic heterocycles. The normalized spacial score (nSPS) is 13.6. The Kier molecular flexibility index (Phi) is 6.02. The van der Waals surface area contributed by atoms with Gasteiger partial charge in [-0.05, 0) is 29.8 Å². The molecule has 0 aliphatic rings. The number of nitrogens with one attached hydrogen (secondary N) is 1. The van der Waals surface area contributed by atoms with Gasteiger partial charge in [0.25, 0.3) is 5.91 Å². The molecule has 0 aliphatic heterocycles. The van der Waals surface area contributed by atoms with Gasteiger partial charge >= 0.3 is 12.1 Å². The third-order valence-electron chi connectivity index (χ3n) is 4.49. The number of rotatable bonds is 6. The van der Waals surface area contributed by atoms with Crippen LogP contribution in [0.25, 0.3) is 10.9 Å². The summed E-state index contributed by atoms with van der Waals surface area (Å²) in [7, 11) is 0. The fourth-order valence-corrected chi connectivity index (χ4v) is 2.89. The van der Waals surface area contributed by atoms with Crippen LogP contribution in [0.1, 0.15) is 22.9 Å². The summed E-state index contributed by atoms with van der Waals surface area (Å²) in [4.78, 5) is 28.2. The van der Waals surface area contributed by atoms with Crippen LogP contribution in [0.2, 0.25) is 0 Å². The van der Waals surface area contributed by atoms with Crippen molar-refractivity contribution >= 4 is 22.8 Å². The van der Waals surface area contributed by atoms with E-state index in [1.807, 2.05) is 12.1 Å². The van der Waals surface area contributed by atoms with E-state index in [1.54, 1.807) is 24.3 Å². The highest BCUT2D eigenvalue weighted by molar-refractivity contribution is 5.87. The van der Waals surface area contributed by atoms with Crippen molar-refractivity contribution in [3.8, 4) is 0 Å². The predicted octanol–water partition coefficient (Wildman–Crippen LogP) is 3.10. The Balaban J connectivity index is 1.72. The smallest absolute Gasteiger partial charge is 0.416 e. The molecule has 3 N–H and O–H groups in total. The van der Waals surface area contributed by atoms with Crippen LogP contribution in [0.15, 0.2) is 60.7 Å². The van der Waals surface area contributed by atoms with Gasteiger partial charge < -0.3 is 15.5 Å². The van der Waals surface area contributed by atoms with Crippen LogP contribution in [0.3, 0.4) is 0 Å². The molecule has 0 bridgehead atoms. The van der Waals surface area contributed by atoms with Crippen LogP contribution in [0, 0.1) is 0 Å². The number of aromatic nitrogens is 1. The van der Waals surface area contributed by atoms with Gasteiger partial charge in [-0.25, -0.2) is 4.79 Å². The van der Waals surface area contributed by atoms with Gasteiger partial charge in [0.1, 0.15) is 6.04 Å². The predicted molar refractivity (Wildman–Crippen MR) is 101 cm³/mol. The lowest BCUT2D eigenvalue weighted by molar-refractivity contribution is -0.143. The summed E-state index contributed by atoms with van der Waals surface area (Å²) >= 11 is 0. The third kappa shape index (κ3) is 4.93. The Bertz CT molecular complexity index is 1070. The Morgan fingerprint density at radius 3 is 2.30 bits per heavy atom. The molecule has 156 valence electrons. The van der Waals surface area contributed by atoms with Gasteiger partial charge in [0, 0.05) is 17.5 Å². The van der Waals surface area contributed by atoms with E-state index in [0.29, 0.717) is 11.2 Å². The lowest BCUT2D eigenvalue weighted by Crippen LogP contribution is -2.44. The van der Waals surface area contributed by atoms with Gasteiger partial charge in [-0.15, -0.1) is 0 Å². The number of para-hydroxylation sites is 1. The van der Waals surface area contributed by atoms with Crippen LogP contribution < -0.4 is 5.32 Å². The number of carboxylic acid groups (broad SMARTS) is 1. The molecule has 0 saturated heterocycles. The highest BCUT2D eigenvalue weighted by atomic mass is 19.4. The lowest BCUT2D eigenvalue weighted by Gasteiger charge is -2.18. The molecule has 1 heterocycles. The molecule has 0 saturated carbocycles. The Morgan fingerprint density at radius 2 is 1.67 bits per heavy atom. The number of alkyl halides is 3. The van der Waals surface area contributed by atoms with E-state index in [2.05, 4.69) is 10.3 Å². The maximum Gasteiger partial charge on any atom is 0.416 e. The van der Waals surface area contributed by atoms with E-state index >= 15 is 0 Å². The van der Waals surface area contributed by atoms with Crippen LogP contribution in [0.4, 0.5) is 13.2 Å². The zero-order valence-electron chi connectivity index (χ0n) is 15.4. The number of aliphatic hydroxyl groups excluding tert-OH is 1. The topological polar surface area (TPSA) is 99.5 Å². The fraction of sp³-hybridized carbons (Fsp3) is 0.190. The fourth-order valence-electron chi connectivity index (χ4n) is 2.89. The number of benzene rings is 2. The number of halogens is 3. The van der Waals surface area contributed by atoms with E-state index in [9.17, 15) is 33.0 Å². The van der Waals surface area contributed by atoms with E-state index in [1.165, 1.54) is 0 Å². The first-order valence-corrected chi connectivity index (χ1v) is 8.88. The zero-order valence-corrected chi connectivity index (χ0v) is 15.4. The molecule has 0 unspecified atom stereocenters. The molecule has 0 fully saturated rings. The van der Waals surface area contributed by atoms with Crippen molar-refractivity contribution in [2.45, 2.75) is 24.7 Å². The summed E-state index contributed by atoms with van der Waals surface area (Å²) in [5, 5.41) is 22.6. The number of pyridine rings is 1. The average Bonchev–Trinajstić information content (AvgIpc) is 2.72. The summed E-state index contributed by atoms with van der Waals surface area (Å²) in [6.45, 7) is 0. The minimum atomic E-state index is -4.55. The molecule has 2 aromatic carbocycles. The second kappa shape index (κ2) is 8.50. The monoisotopic (exact) mass is 418 g/mol. The van der Waals surface area contributed by atoms with Gasteiger partial charge in [0.05, 0.1) is 11.1 Å². The second-order valence-electron chi connectivity index (χ2n) is 6.62. The van der Waals surface area contributed by atoms with Crippen molar-refractivity contribution < 1.29 is 33.0 Å². The second-order valence-corrected chi connectivity index (χ2v) is 6.62. The van der Waals surface area contributed by atoms with E-state index in [0.717, 1.165) is 29.7 Å². The molecule has 1 amide bonds. The molecule has 3 aromatic rings. The number of aliphatic carboxylic acids is 1. The molecular formula is C21H17F3N2O4. The van der Waals surface area contributed by atoms with Crippen molar-refractivity contribution in [1.82, 2.24) is 10.3 Å². The van der Waals surface area contributed by atoms with Crippen molar-refractivity contribution in [3.63, 3.8) is 0 Å². The Morgan fingerprint density at radius 1 is 1.00 bits per heavy atom. The van der Waals surface area contributed by atoms with Gasteiger partial charge in [0.2, 0.25) is 0 Å². The summed E-state index contributed by atoms with van der Waals surface area (Å²) in [5.41, 5.74) is 0.0683. The molecule has 2 atom stereocenters. The maximum atomic E-state index is 12.6. The van der Waals surface area contributed by atoms with Crippen LogP contribution in [-0.2, 0) is 22.2 Å². The highest BCUT2D eigenvalue weighted by Gasteiger charge is 2.31. The molecule has 3 rings (SSSR count). The summed E-state index contributed by atoms with van der Waals surface area (Å²) in [6.07, 6.45) is -6.50. The van der Waals surface area contributed by atoms with Gasteiger partial charge in [-0.1, -0.05) is 36.4 Å². The van der Waals surface area contributed by atoms with Gasteiger partial charge in [0.15, 0.2) is 6.10 Å². The van der Waals surface area contributed by atoms with Crippen LogP contribution >= 0.6 is 0 Å². The Hall–Kier alpha value is -3.46. The summed E-state index contributed by atoms with van der Waals surface area (Å²) in [5.74, 6) is -2.37. The molecule has 0 spiro atoms. The Labute approximate surface area is 169 Å². The number of carbonyl (C=O) groups is 2. The van der Waals surface area contributed by atoms with Crippen molar-refractivity contribution in [1.29, 1.82) is 0 Å². The minimum absolute atomic E-state index is 0.0894. The number of carboxylic acids is 1. The van der Waals surface area contributed by atoms with Crippen molar-refractivity contribution in [2.24, 2.45) is 0 Å². The molecule has 30 heavy (non-hydrogen) atoms. The lowest BCUT2D eigenvalue weighted by atomic mass is 10.0. The first-order chi connectivity index (χ1) is 14.1. The number of fused-ring (bicyclic) bond motifs is 1. The quantitative estimate of drug-likeness (QED) is 0.571. The van der Waals surface area contributed by atoms with Gasteiger partial charge in [-0.2, -0.15) is 13.2 Å². The number of nitrogens with zero attached hydrogens (tertiary/aromatic N) is 1. The average molecular weight is 418 g/mol. The number of hydrogen-bond acceptors (Lipinski definition) is 4. The number of aliphatic hydroxyl groups is 1. The van der Waals surface area contributed by atoms with Crippen molar-refractivity contribution in [3.05, 3.63) is 77.5 Å². The van der Waals surface area contributed by atoms with Gasteiger partial charge in [-0.3, -0.25) is 9.78 Å². The molecule has 9 heteroatoms. The molecular weight excluding hydrogens is 401 g/mol. The number of amides is 1. The summed E-state index contributed by atoms with van der Waals surface area (Å²) in [6, 6.07) is 12.7. The largest absolute Gasteiger partial charge is 0.480 e. The minimum Gasteiger partial charge on any atom is -0.480 e.